The number of rotatable bonds is 3. The van der Waals surface area contributed by atoms with Crippen LogP contribution in [0.2, 0.25) is 0 Å². The zero-order valence-electron chi connectivity index (χ0n) is 14.0. The first-order valence-corrected chi connectivity index (χ1v) is 8.10. The van der Waals surface area contributed by atoms with E-state index in [9.17, 15) is 9.18 Å². The second-order valence-corrected chi connectivity index (χ2v) is 5.94. The number of nitrogens with one attached hydrogen (secondary N) is 1. The smallest absolute Gasteiger partial charge is 0.255 e. The number of amides is 1. The Hall–Kier alpha value is -3.54. The number of carbonyl (C=O) groups excluding carboxylic acids is 1. The fraction of sp³-hybridized carbons (Fsp3) is 0.0500. The molecular formula is C20H15FN4O. The van der Waals surface area contributed by atoms with Gasteiger partial charge in [-0.05, 0) is 61.0 Å². The van der Waals surface area contributed by atoms with Crippen LogP contribution < -0.4 is 5.32 Å². The summed E-state index contributed by atoms with van der Waals surface area (Å²) in [6.07, 6.45) is 0. The van der Waals surface area contributed by atoms with Gasteiger partial charge in [0.25, 0.3) is 5.91 Å². The monoisotopic (exact) mass is 346 g/mol. The lowest BCUT2D eigenvalue weighted by molar-refractivity contribution is 0.102. The number of hydrogen-bond acceptors (Lipinski definition) is 3. The number of aryl methyl sites for hydroxylation is 1. The van der Waals surface area contributed by atoms with Gasteiger partial charge < -0.3 is 5.32 Å². The van der Waals surface area contributed by atoms with Gasteiger partial charge in [-0.15, -0.1) is 10.2 Å². The molecule has 4 aromatic rings. The molecule has 4 rings (SSSR count). The zero-order chi connectivity index (χ0) is 18.1. The average Bonchev–Trinajstić information content (AvgIpc) is 3.06. The molecule has 0 unspecified atom stereocenters. The first-order chi connectivity index (χ1) is 12.6. The minimum absolute atomic E-state index is 0.173. The van der Waals surface area contributed by atoms with E-state index in [1.54, 1.807) is 36.4 Å². The molecule has 1 amide bonds. The molecular weight excluding hydrogens is 331 g/mol. The van der Waals surface area contributed by atoms with E-state index in [-0.39, 0.29) is 11.7 Å². The standard InChI is InChI=1S/C20H15FN4O/c1-13-4-2-3-5-17(13)20(26)22-15-8-11-18-19(12-15)24-25(23-18)16-9-6-14(21)7-10-16/h2-12H,1H3,(H,22,26). The van der Waals surface area contributed by atoms with Crippen LogP contribution >= 0.6 is 0 Å². The summed E-state index contributed by atoms with van der Waals surface area (Å²) >= 11 is 0. The second kappa shape index (κ2) is 6.40. The number of nitrogens with zero attached hydrogens (tertiary/aromatic N) is 3. The summed E-state index contributed by atoms with van der Waals surface area (Å²) in [5, 5.41) is 11.7. The number of anilines is 1. The molecule has 0 aliphatic carbocycles. The lowest BCUT2D eigenvalue weighted by Gasteiger charge is -2.07. The van der Waals surface area contributed by atoms with Crippen LogP contribution in [0.4, 0.5) is 10.1 Å². The highest BCUT2D eigenvalue weighted by Gasteiger charge is 2.10. The minimum atomic E-state index is -0.313. The Kier molecular flexibility index (Phi) is 3.93. The highest BCUT2D eigenvalue weighted by molar-refractivity contribution is 6.05. The minimum Gasteiger partial charge on any atom is -0.322 e. The maximum absolute atomic E-state index is 13.1. The summed E-state index contributed by atoms with van der Waals surface area (Å²) < 4.78 is 13.1. The summed E-state index contributed by atoms with van der Waals surface area (Å²) in [6, 6.07) is 18.7. The van der Waals surface area contributed by atoms with Gasteiger partial charge in [0.05, 0.1) is 5.69 Å². The summed E-state index contributed by atoms with van der Waals surface area (Å²) in [5.41, 5.74) is 4.15. The largest absolute Gasteiger partial charge is 0.322 e. The van der Waals surface area contributed by atoms with Crippen molar-refractivity contribution < 1.29 is 9.18 Å². The van der Waals surface area contributed by atoms with Crippen molar-refractivity contribution in [1.82, 2.24) is 15.0 Å². The second-order valence-electron chi connectivity index (χ2n) is 5.94. The van der Waals surface area contributed by atoms with Gasteiger partial charge in [0, 0.05) is 11.3 Å². The highest BCUT2D eigenvalue weighted by Crippen LogP contribution is 2.19. The first kappa shape index (κ1) is 16.0. The third-order valence-electron chi connectivity index (χ3n) is 4.09. The van der Waals surface area contributed by atoms with E-state index in [1.807, 2.05) is 25.1 Å². The molecule has 0 fully saturated rings. The van der Waals surface area contributed by atoms with Crippen molar-refractivity contribution in [3.05, 3.63) is 83.7 Å². The van der Waals surface area contributed by atoms with E-state index in [2.05, 4.69) is 15.5 Å². The van der Waals surface area contributed by atoms with E-state index in [0.717, 1.165) is 5.56 Å². The van der Waals surface area contributed by atoms with Crippen molar-refractivity contribution in [2.75, 3.05) is 5.32 Å². The first-order valence-electron chi connectivity index (χ1n) is 8.10. The Morgan fingerprint density at radius 3 is 2.46 bits per heavy atom. The van der Waals surface area contributed by atoms with Crippen molar-refractivity contribution in [1.29, 1.82) is 0 Å². The summed E-state index contributed by atoms with van der Waals surface area (Å²) in [7, 11) is 0. The third-order valence-corrected chi connectivity index (χ3v) is 4.09. The molecule has 0 radical (unpaired) electrons. The zero-order valence-corrected chi connectivity index (χ0v) is 14.0. The van der Waals surface area contributed by atoms with Crippen molar-refractivity contribution in [3.8, 4) is 5.69 Å². The van der Waals surface area contributed by atoms with Crippen LogP contribution in [0.3, 0.4) is 0 Å². The molecule has 3 aromatic carbocycles. The maximum atomic E-state index is 13.1. The van der Waals surface area contributed by atoms with Gasteiger partial charge in [0.2, 0.25) is 0 Å². The fourth-order valence-electron chi connectivity index (χ4n) is 2.71. The van der Waals surface area contributed by atoms with E-state index < -0.39 is 0 Å². The van der Waals surface area contributed by atoms with Gasteiger partial charge in [0.15, 0.2) is 0 Å². The highest BCUT2D eigenvalue weighted by atomic mass is 19.1. The van der Waals surface area contributed by atoms with E-state index in [0.29, 0.717) is 28.0 Å². The topological polar surface area (TPSA) is 59.8 Å². The number of benzene rings is 3. The van der Waals surface area contributed by atoms with Crippen molar-refractivity contribution >= 4 is 22.6 Å². The molecule has 1 aromatic heterocycles. The summed E-state index contributed by atoms with van der Waals surface area (Å²) in [5.74, 6) is -0.486. The van der Waals surface area contributed by atoms with Gasteiger partial charge >= 0.3 is 0 Å². The molecule has 0 saturated carbocycles. The fourth-order valence-corrected chi connectivity index (χ4v) is 2.71. The van der Waals surface area contributed by atoms with Gasteiger partial charge in [0.1, 0.15) is 16.9 Å². The van der Waals surface area contributed by atoms with Crippen LogP contribution in [0.25, 0.3) is 16.7 Å². The Labute approximate surface area is 149 Å². The van der Waals surface area contributed by atoms with Crippen molar-refractivity contribution in [2.45, 2.75) is 6.92 Å². The number of fused-ring (bicyclic) bond motifs is 1. The molecule has 0 aliphatic heterocycles. The number of aromatic nitrogens is 3. The molecule has 128 valence electrons. The predicted molar refractivity (Wildman–Crippen MR) is 98.0 cm³/mol. The van der Waals surface area contributed by atoms with Gasteiger partial charge in [-0.25, -0.2) is 4.39 Å². The maximum Gasteiger partial charge on any atom is 0.255 e. The molecule has 1 heterocycles. The number of hydrogen-bond donors (Lipinski definition) is 1. The average molecular weight is 346 g/mol. The Bertz CT molecular complexity index is 1100. The van der Waals surface area contributed by atoms with E-state index >= 15 is 0 Å². The SMILES string of the molecule is Cc1ccccc1C(=O)Nc1ccc2nn(-c3ccc(F)cc3)nc2c1. The van der Waals surface area contributed by atoms with Gasteiger partial charge in [-0.1, -0.05) is 18.2 Å². The predicted octanol–water partition coefficient (Wildman–Crippen LogP) is 4.12. The van der Waals surface area contributed by atoms with Gasteiger partial charge in [-0.2, -0.15) is 4.80 Å². The molecule has 0 bridgehead atoms. The summed E-state index contributed by atoms with van der Waals surface area (Å²) in [6.45, 7) is 1.90. The van der Waals surface area contributed by atoms with Crippen molar-refractivity contribution in [3.63, 3.8) is 0 Å². The Balaban J connectivity index is 1.62. The van der Waals surface area contributed by atoms with Crippen LogP contribution in [-0.4, -0.2) is 20.9 Å². The molecule has 6 heteroatoms. The van der Waals surface area contributed by atoms with Crippen LogP contribution in [-0.2, 0) is 0 Å². The van der Waals surface area contributed by atoms with Crippen molar-refractivity contribution in [2.24, 2.45) is 0 Å². The Morgan fingerprint density at radius 2 is 1.69 bits per heavy atom. The van der Waals surface area contributed by atoms with Crippen LogP contribution in [0.15, 0.2) is 66.7 Å². The normalized spacial score (nSPS) is 10.8. The molecule has 0 aliphatic rings. The van der Waals surface area contributed by atoms with Gasteiger partial charge in [-0.3, -0.25) is 4.79 Å². The third kappa shape index (κ3) is 3.04. The lowest BCUT2D eigenvalue weighted by atomic mass is 10.1. The van der Waals surface area contributed by atoms with Crippen LogP contribution in [0, 0.1) is 12.7 Å². The van der Waals surface area contributed by atoms with Crippen LogP contribution in [0.5, 0.6) is 0 Å². The number of carbonyl (C=O) groups is 1. The number of halogens is 1. The molecule has 5 nitrogen and oxygen atoms in total. The van der Waals surface area contributed by atoms with Crippen LogP contribution in [0.1, 0.15) is 15.9 Å². The molecule has 0 saturated heterocycles. The quantitative estimate of drug-likeness (QED) is 0.607. The summed E-state index contributed by atoms with van der Waals surface area (Å²) in [4.78, 5) is 13.9. The molecule has 0 atom stereocenters. The van der Waals surface area contributed by atoms with E-state index in [4.69, 9.17) is 0 Å². The molecule has 1 N–H and O–H groups in total. The van der Waals surface area contributed by atoms with E-state index in [1.165, 1.54) is 16.9 Å². The lowest BCUT2D eigenvalue weighted by Crippen LogP contribution is -2.13. The molecule has 0 spiro atoms. The Morgan fingerprint density at radius 1 is 0.962 bits per heavy atom. The molecule has 26 heavy (non-hydrogen) atoms.